The van der Waals surface area contributed by atoms with Gasteiger partial charge in [0, 0.05) is 64.6 Å². The molecule has 2 aliphatic heterocycles. The van der Waals surface area contributed by atoms with Crippen LogP contribution in [-0.2, 0) is 17.5 Å². The molecule has 2 aromatic carbocycles. The maximum Gasteiger partial charge on any atom is 0.417 e. The van der Waals surface area contributed by atoms with E-state index in [4.69, 9.17) is 11.6 Å². The number of piperazine rings is 1. The van der Waals surface area contributed by atoms with Gasteiger partial charge in [0.25, 0.3) is 0 Å². The predicted molar refractivity (Wildman–Crippen MR) is 159 cm³/mol. The van der Waals surface area contributed by atoms with Gasteiger partial charge >= 0.3 is 11.9 Å². The van der Waals surface area contributed by atoms with Crippen LogP contribution in [0.4, 0.5) is 27.8 Å². The average Bonchev–Trinajstić information content (AvgIpc) is 3.43. The molecule has 1 saturated heterocycles. The molecule has 0 N–H and O–H groups in total. The number of amides is 1. The fourth-order valence-electron chi connectivity index (χ4n) is 6.20. The van der Waals surface area contributed by atoms with E-state index < -0.39 is 63.3 Å². The number of anilines is 1. The summed E-state index contributed by atoms with van der Waals surface area (Å²) < 4.78 is 77.1. The molecule has 0 spiro atoms. The minimum Gasteiger partial charge on any atom is -0.352 e. The zero-order valence-corrected chi connectivity index (χ0v) is 25.4. The van der Waals surface area contributed by atoms with Crippen LogP contribution in [0.25, 0.3) is 22.0 Å². The van der Waals surface area contributed by atoms with E-state index in [1.54, 1.807) is 29.8 Å². The van der Waals surface area contributed by atoms with Crippen LogP contribution >= 0.6 is 23.4 Å². The summed E-state index contributed by atoms with van der Waals surface area (Å²) in [6.07, 6.45) is -0.802. The fourth-order valence-corrected chi connectivity index (χ4v) is 7.70. The summed E-state index contributed by atoms with van der Waals surface area (Å²) in [7, 11) is 0. The lowest BCUT2D eigenvalue weighted by molar-refractivity contribution is -0.137. The van der Waals surface area contributed by atoms with E-state index >= 15 is 4.39 Å². The molecule has 0 radical (unpaired) electrons. The van der Waals surface area contributed by atoms with Crippen molar-refractivity contribution in [3.05, 3.63) is 76.0 Å². The van der Waals surface area contributed by atoms with E-state index in [0.717, 1.165) is 23.9 Å². The zero-order valence-electron chi connectivity index (χ0n) is 23.9. The Labute approximate surface area is 262 Å². The van der Waals surface area contributed by atoms with E-state index in [-0.39, 0.29) is 52.9 Å². The summed E-state index contributed by atoms with van der Waals surface area (Å²) in [5, 5.41) is 7.29. The van der Waals surface area contributed by atoms with Gasteiger partial charge in [-0.3, -0.25) is 9.36 Å². The van der Waals surface area contributed by atoms with Crippen LogP contribution in [0.15, 0.2) is 52.9 Å². The number of thioether (sulfide) groups is 1. The van der Waals surface area contributed by atoms with Crippen molar-refractivity contribution in [2.24, 2.45) is 0 Å². The number of nitrogens with zero attached hydrogens (tertiary/aromatic N) is 7. The third-order valence-corrected chi connectivity index (χ3v) is 9.59. The van der Waals surface area contributed by atoms with Crippen LogP contribution in [0, 0.1) is 11.6 Å². The van der Waals surface area contributed by atoms with E-state index in [9.17, 15) is 27.2 Å². The highest BCUT2D eigenvalue weighted by Crippen LogP contribution is 2.50. The van der Waals surface area contributed by atoms with Crippen LogP contribution < -0.4 is 10.6 Å². The standard InChI is InChI=1S/C29H25ClF5N7O2S/c1-4-23(43)42-14(2)10-39(11-15(42)3)27-18-7-19(29(33,34)35)24(17-8-20(30)22(32)9-21(17)31)26-25(18)40(28(44)37-27)12-16(13-45-26)41-6-5-36-38-41/h4-9,14-16H,1,10-13H2,2-3H3/t14-,15+,16?. The molecule has 3 atom stereocenters. The number of halogens is 6. The second-order valence-electron chi connectivity index (χ2n) is 11.0. The highest BCUT2D eigenvalue weighted by molar-refractivity contribution is 7.99. The molecule has 2 aromatic heterocycles. The Morgan fingerprint density at radius 3 is 2.44 bits per heavy atom. The molecular formula is C29H25ClF5N7O2S. The minimum absolute atomic E-state index is 0.00590. The van der Waals surface area contributed by atoms with Gasteiger partial charge in [-0.25, -0.2) is 18.3 Å². The van der Waals surface area contributed by atoms with Gasteiger partial charge < -0.3 is 9.80 Å². The first-order valence-electron chi connectivity index (χ1n) is 13.8. The summed E-state index contributed by atoms with van der Waals surface area (Å²) in [6.45, 7) is 7.44. The first-order valence-corrected chi connectivity index (χ1v) is 15.2. The van der Waals surface area contributed by atoms with E-state index in [2.05, 4.69) is 21.9 Å². The molecule has 16 heteroatoms. The number of aromatic nitrogens is 5. The molecule has 9 nitrogen and oxygen atoms in total. The molecule has 0 saturated carbocycles. The van der Waals surface area contributed by atoms with Crippen molar-refractivity contribution in [2.45, 2.75) is 49.6 Å². The van der Waals surface area contributed by atoms with Crippen molar-refractivity contribution >= 4 is 46.0 Å². The number of hydrogen-bond donors (Lipinski definition) is 0. The van der Waals surface area contributed by atoms with Crippen LogP contribution in [0.2, 0.25) is 5.02 Å². The molecule has 0 aliphatic carbocycles. The first-order chi connectivity index (χ1) is 21.3. The third kappa shape index (κ3) is 5.35. The Bertz CT molecular complexity index is 1890. The second kappa shape index (κ2) is 11.4. The van der Waals surface area contributed by atoms with Crippen LogP contribution in [0.5, 0.6) is 0 Å². The Balaban J connectivity index is 1.66. The van der Waals surface area contributed by atoms with Gasteiger partial charge in [0.05, 0.1) is 34.9 Å². The summed E-state index contributed by atoms with van der Waals surface area (Å²) in [5.41, 5.74) is -2.95. The van der Waals surface area contributed by atoms with E-state index in [1.807, 2.05) is 0 Å². The lowest BCUT2D eigenvalue weighted by Gasteiger charge is -2.44. The quantitative estimate of drug-likeness (QED) is 0.160. The average molecular weight is 666 g/mol. The highest BCUT2D eigenvalue weighted by Gasteiger charge is 2.40. The molecule has 236 valence electrons. The summed E-state index contributed by atoms with van der Waals surface area (Å²) in [5.74, 6) is -2.53. The molecule has 1 amide bonds. The smallest absolute Gasteiger partial charge is 0.352 e. The van der Waals surface area contributed by atoms with Gasteiger partial charge in [-0.1, -0.05) is 23.4 Å². The number of alkyl halides is 3. The van der Waals surface area contributed by atoms with Gasteiger partial charge in [0.2, 0.25) is 5.91 Å². The highest BCUT2D eigenvalue weighted by atomic mass is 35.5. The third-order valence-electron chi connectivity index (χ3n) is 8.06. The van der Waals surface area contributed by atoms with Crippen molar-refractivity contribution < 1.29 is 26.7 Å². The summed E-state index contributed by atoms with van der Waals surface area (Å²) in [6, 6.07) is 0.801. The molecule has 45 heavy (non-hydrogen) atoms. The minimum atomic E-state index is -5.00. The van der Waals surface area contributed by atoms with Crippen molar-refractivity contribution in [2.75, 3.05) is 23.7 Å². The maximum atomic E-state index is 15.4. The summed E-state index contributed by atoms with van der Waals surface area (Å²) in [4.78, 5) is 33.9. The topological polar surface area (TPSA) is 89.2 Å². The molecule has 1 fully saturated rings. The Kier molecular flexibility index (Phi) is 7.88. The molecule has 0 bridgehead atoms. The lowest BCUT2D eigenvalue weighted by atomic mass is 9.95. The van der Waals surface area contributed by atoms with Crippen molar-refractivity contribution in [3.63, 3.8) is 0 Å². The van der Waals surface area contributed by atoms with Crippen molar-refractivity contribution in [3.8, 4) is 11.1 Å². The number of carbonyl (C=O) groups excluding carboxylic acids is 1. The Hall–Kier alpha value is -3.98. The Morgan fingerprint density at radius 1 is 1.11 bits per heavy atom. The van der Waals surface area contributed by atoms with Crippen LogP contribution in [0.3, 0.4) is 0 Å². The Morgan fingerprint density at radius 2 is 1.82 bits per heavy atom. The van der Waals surface area contributed by atoms with E-state index in [1.165, 1.54) is 21.5 Å². The lowest BCUT2D eigenvalue weighted by Crippen LogP contribution is -2.58. The normalized spacial score (nSPS) is 20.4. The number of hydrogen-bond acceptors (Lipinski definition) is 7. The summed E-state index contributed by atoms with van der Waals surface area (Å²) >= 11 is 6.94. The zero-order chi connectivity index (χ0) is 32.4. The van der Waals surface area contributed by atoms with Gasteiger partial charge in [-0.2, -0.15) is 18.2 Å². The van der Waals surface area contributed by atoms with Crippen molar-refractivity contribution in [1.82, 2.24) is 29.4 Å². The molecule has 4 heterocycles. The molecule has 2 aliphatic rings. The SMILES string of the molecule is C=CC(=O)N1[C@H](C)CN(c2nc(=O)n3c4c(c(-c5cc(Cl)c(F)cc5F)c(C(F)(F)F)cc24)SCC(n2ccnn2)C3)C[C@@H]1C. The molecule has 6 rings (SSSR count). The number of carbonyl (C=O) groups is 1. The number of benzene rings is 2. The first kappa shape index (κ1) is 31.0. The largest absolute Gasteiger partial charge is 0.417 e. The van der Waals surface area contributed by atoms with E-state index in [0.29, 0.717) is 6.07 Å². The van der Waals surface area contributed by atoms with Gasteiger partial charge in [-0.15, -0.1) is 16.9 Å². The van der Waals surface area contributed by atoms with Crippen molar-refractivity contribution in [1.29, 1.82) is 0 Å². The van der Waals surface area contributed by atoms with Gasteiger partial charge in [0.15, 0.2) is 0 Å². The van der Waals surface area contributed by atoms with Crippen LogP contribution in [0.1, 0.15) is 25.5 Å². The second-order valence-corrected chi connectivity index (χ2v) is 12.4. The molecule has 1 unspecified atom stereocenters. The van der Waals surface area contributed by atoms with Crippen LogP contribution in [-0.4, -0.2) is 66.3 Å². The van der Waals surface area contributed by atoms with Gasteiger partial charge in [-0.05, 0) is 32.1 Å². The molecular weight excluding hydrogens is 641 g/mol. The number of rotatable bonds is 4. The molecule has 4 aromatic rings. The fraction of sp³-hybridized carbons (Fsp3) is 0.345. The van der Waals surface area contributed by atoms with Gasteiger partial charge in [0.1, 0.15) is 17.5 Å². The predicted octanol–water partition coefficient (Wildman–Crippen LogP) is 5.56. The maximum absolute atomic E-state index is 15.4. The monoisotopic (exact) mass is 665 g/mol.